The normalized spacial score (nSPS) is 19.9. The lowest BCUT2D eigenvalue weighted by molar-refractivity contribution is 0.190. The van der Waals surface area contributed by atoms with E-state index in [9.17, 15) is 4.79 Å². The molecule has 1 aliphatic carbocycles. The summed E-state index contributed by atoms with van der Waals surface area (Å²) in [4.78, 5) is 17.2. The van der Waals surface area contributed by atoms with Gasteiger partial charge in [0.15, 0.2) is 0 Å². The van der Waals surface area contributed by atoms with Gasteiger partial charge in [-0.25, -0.2) is 0 Å². The zero-order chi connectivity index (χ0) is 24.9. The van der Waals surface area contributed by atoms with Gasteiger partial charge in [0, 0.05) is 43.7 Å². The molecule has 1 N–H and O–H groups in total. The van der Waals surface area contributed by atoms with Crippen LogP contribution in [0.15, 0.2) is 69.6 Å². The summed E-state index contributed by atoms with van der Waals surface area (Å²) in [6, 6.07) is 10.5. The number of hydrogen-bond donors (Lipinski definition) is 1. The van der Waals surface area contributed by atoms with Crippen LogP contribution in [0.1, 0.15) is 42.9 Å². The first kappa shape index (κ1) is 24.8. The van der Waals surface area contributed by atoms with Gasteiger partial charge in [0.2, 0.25) is 0 Å². The number of hydrogen-bond acceptors (Lipinski definition) is 5. The van der Waals surface area contributed by atoms with Gasteiger partial charge in [-0.1, -0.05) is 41.4 Å². The number of aliphatic imine (C=N–C) groups is 1. The molecule has 1 unspecified atom stereocenters. The molecule has 0 spiro atoms. The van der Waals surface area contributed by atoms with Crippen molar-refractivity contribution in [2.75, 3.05) is 26.4 Å². The summed E-state index contributed by atoms with van der Waals surface area (Å²) in [5.74, 6) is 0.563. The number of aryl methyl sites for hydroxylation is 1. The predicted molar refractivity (Wildman–Crippen MR) is 146 cm³/mol. The Bertz CT molecular complexity index is 1300. The summed E-state index contributed by atoms with van der Waals surface area (Å²) in [5, 5.41) is 4.08. The smallest absolute Gasteiger partial charge is 0.258 e. The number of allylic oxidation sites excluding steroid dienone is 2. The Morgan fingerprint density at radius 2 is 2.11 bits per heavy atom. The van der Waals surface area contributed by atoms with E-state index in [4.69, 9.17) is 21.1 Å². The zero-order valence-electron chi connectivity index (χ0n) is 20.6. The van der Waals surface area contributed by atoms with E-state index in [1.165, 1.54) is 22.3 Å². The fourth-order valence-corrected chi connectivity index (χ4v) is 4.91. The van der Waals surface area contributed by atoms with Crippen LogP contribution >= 0.6 is 11.6 Å². The number of benzene rings is 1. The summed E-state index contributed by atoms with van der Waals surface area (Å²) in [6.45, 7) is 5.63. The molecule has 0 bridgehead atoms. The SMILES string of the molecule is CC1=C(COc2ccn(C3=Cc4ccc(CNC5CCOC5)cc4CC3)c(=O)c2)C=CC(Cl)=NCC1. The van der Waals surface area contributed by atoms with Crippen molar-refractivity contribution in [3.05, 3.63) is 86.9 Å². The van der Waals surface area contributed by atoms with Gasteiger partial charge >= 0.3 is 0 Å². The molecule has 188 valence electrons. The van der Waals surface area contributed by atoms with Crippen molar-refractivity contribution < 1.29 is 9.47 Å². The number of nitrogens with one attached hydrogen (secondary N) is 1. The third kappa shape index (κ3) is 6.06. The molecule has 6 nitrogen and oxygen atoms in total. The minimum absolute atomic E-state index is 0.0871. The summed E-state index contributed by atoms with van der Waals surface area (Å²) in [6.07, 6.45) is 11.3. The average molecular weight is 506 g/mol. The number of rotatable bonds is 7. The first-order chi connectivity index (χ1) is 17.5. The van der Waals surface area contributed by atoms with E-state index >= 15 is 0 Å². The van der Waals surface area contributed by atoms with Crippen molar-refractivity contribution in [2.24, 2.45) is 4.99 Å². The molecule has 7 heteroatoms. The molecule has 36 heavy (non-hydrogen) atoms. The first-order valence-electron chi connectivity index (χ1n) is 12.6. The summed E-state index contributed by atoms with van der Waals surface area (Å²) >= 11 is 6.06. The minimum Gasteiger partial charge on any atom is -0.489 e. The highest BCUT2D eigenvalue weighted by Crippen LogP contribution is 2.27. The number of halogens is 1. The molecule has 1 atom stereocenters. The molecule has 1 aromatic carbocycles. The molecule has 2 aliphatic heterocycles. The maximum atomic E-state index is 12.9. The van der Waals surface area contributed by atoms with E-state index in [2.05, 4.69) is 41.5 Å². The van der Waals surface area contributed by atoms with Crippen molar-refractivity contribution in [3.8, 4) is 5.75 Å². The van der Waals surface area contributed by atoms with Gasteiger partial charge in [-0.3, -0.25) is 14.4 Å². The molecule has 3 aliphatic rings. The summed E-state index contributed by atoms with van der Waals surface area (Å²) < 4.78 is 13.1. The maximum Gasteiger partial charge on any atom is 0.258 e. The second kappa shape index (κ2) is 11.4. The van der Waals surface area contributed by atoms with Crippen LogP contribution in [0, 0.1) is 0 Å². The molecule has 1 saturated heterocycles. The molecule has 3 heterocycles. The standard InChI is InChI=1S/C29H32ClN3O3/c1-20-8-11-31-28(30)7-5-24(20)18-36-27-9-12-33(29(34)16-27)26-6-4-22-14-21(2-3-23(22)15-26)17-32-25-10-13-35-19-25/h2-3,5,7,9,12,14-16,25,32H,4,6,8,10-11,13,17-19H2,1H3. The van der Waals surface area contributed by atoms with Gasteiger partial charge in [0.1, 0.15) is 17.5 Å². The minimum atomic E-state index is -0.0871. The number of pyridine rings is 1. The topological polar surface area (TPSA) is 64.8 Å². The van der Waals surface area contributed by atoms with Crippen molar-refractivity contribution in [3.63, 3.8) is 0 Å². The van der Waals surface area contributed by atoms with Crippen LogP contribution in [-0.2, 0) is 17.7 Å². The molecular formula is C29H32ClN3O3. The van der Waals surface area contributed by atoms with Crippen LogP contribution in [0.4, 0.5) is 0 Å². The fourth-order valence-electron chi connectivity index (χ4n) is 4.76. The Labute approximate surface area is 217 Å². The lowest BCUT2D eigenvalue weighted by Gasteiger charge is -2.20. The molecule has 1 aromatic heterocycles. The number of aromatic nitrogens is 1. The number of ether oxygens (including phenoxy) is 2. The molecule has 0 radical (unpaired) electrons. The highest BCUT2D eigenvalue weighted by Gasteiger charge is 2.16. The Morgan fingerprint density at radius 1 is 1.19 bits per heavy atom. The van der Waals surface area contributed by atoms with Crippen LogP contribution in [0.3, 0.4) is 0 Å². The van der Waals surface area contributed by atoms with Crippen molar-refractivity contribution in [1.82, 2.24) is 9.88 Å². The van der Waals surface area contributed by atoms with Crippen molar-refractivity contribution in [2.45, 2.75) is 45.2 Å². The third-order valence-electron chi connectivity index (χ3n) is 7.02. The maximum absolute atomic E-state index is 12.9. The predicted octanol–water partition coefficient (Wildman–Crippen LogP) is 4.96. The monoisotopic (exact) mass is 505 g/mol. The Morgan fingerprint density at radius 3 is 2.94 bits per heavy atom. The van der Waals surface area contributed by atoms with E-state index in [-0.39, 0.29) is 5.56 Å². The Balaban J connectivity index is 1.25. The number of nitrogens with zero attached hydrogens (tertiary/aromatic N) is 2. The summed E-state index contributed by atoms with van der Waals surface area (Å²) in [7, 11) is 0. The third-order valence-corrected chi connectivity index (χ3v) is 7.26. The lowest BCUT2D eigenvalue weighted by atomic mass is 9.93. The fraction of sp³-hybridized carbons (Fsp3) is 0.379. The highest BCUT2D eigenvalue weighted by molar-refractivity contribution is 6.68. The van der Waals surface area contributed by atoms with E-state index < -0.39 is 0 Å². The van der Waals surface area contributed by atoms with Gasteiger partial charge in [0.05, 0.1) is 6.61 Å². The van der Waals surface area contributed by atoms with E-state index in [0.29, 0.717) is 30.1 Å². The second-order valence-electron chi connectivity index (χ2n) is 9.56. The van der Waals surface area contributed by atoms with Crippen molar-refractivity contribution in [1.29, 1.82) is 0 Å². The van der Waals surface area contributed by atoms with Gasteiger partial charge in [-0.2, -0.15) is 0 Å². The largest absolute Gasteiger partial charge is 0.489 e. The molecule has 2 aromatic rings. The first-order valence-corrected chi connectivity index (χ1v) is 13.0. The Kier molecular flexibility index (Phi) is 7.85. The van der Waals surface area contributed by atoms with Crippen LogP contribution in [0.25, 0.3) is 11.8 Å². The van der Waals surface area contributed by atoms with Crippen LogP contribution in [0.5, 0.6) is 5.75 Å². The van der Waals surface area contributed by atoms with E-state index in [1.807, 2.05) is 18.3 Å². The molecule has 1 fully saturated rings. The average Bonchev–Trinajstić information content (AvgIpc) is 3.40. The van der Waals surface area contributed by atoms with Gasteiger partial charge < -0.3 is 14.8 Å². The van der Waals surface area contributed by atoms with E-state index in [0.717, 1.165) is 56.7 Å². The van der Waals surface area contributed by atoms with Crippen LogP contribution < -0.4 is 15.6 Å². The lowest BCUT2D eigenvalue weighted by Crippen LogP contribution is -2.28. The number of fused-ring (bicyclic) bond motifs is 1. The zero-order valence-corrected chi connectivity index (χ0v) is 21.4. The van der Waals surface area contributed by atoms with Gasteiger partial charge in [-0.15, -0.1) is 0 Å². The molecule has 0 amide bonds. The van der Waals surface area contributed by atoms with E-state index in [1.54, 1.807) is 16.7 Å². The van der Waals surface area contributed by atoms with Crippen LogP contribution in [0.2, 0.25) is 0 Å². The quantitative estimate of drug-likeness (QED) is 0.577. The summed E-state index contributed by atoms with van der Waals surface area (Å²) in [5.41, 5.74) is 6.98. The molecule has 0 saturated carbocycles. The van der Waals surface area contributed by atoms with Gasteiger partial charge in [0.25, 0.3) is 5.56 Å². The Hall–Kier alpha value is -2.93. The molecular weight excluding hydrogens is 474 g/mol. The van der Waals surface area contributed by atoms with Gasteiger partial charge in [-0.05, 0) is 73.1 Å². The second-order valence-corrected chi connectivity index (χ2v) is 9.95. The van der Waals surface area contributed by atoms with Crippen LogP contribution in [-0.4, -0.2) is 42.1 Å². The highest BCUT2D eigenvalue weighted by atomic mass is 35.5. The van der Waals surface area contributed by atoms with Crippen molar-refractivity contribution >= 4 is 28.5 Å². The molecule has 5 rings (SSSR count).